The first kappa shape index (κ1) is 90.9. The highest BCUT2D eigenvalue weighted by Gasteiger charge is 2.20. The van der Waals surface area contributed by atoms with Crippen LogP contribution in [0.4, 0.5) is 47.1 Å². The molecule has 0 aliphatic carbocycles. The Kier molecular flexibility index (Phi) is 41.6. The van der Waals surface area contributed by atoms with Crippen LogP contribution in [0, 0.1) is 6.92 Å². The number of imidazole rings is 2. The summed E-state index contributed by atoms with van der Waals surface area (Å²) in [6.07, 6.45) is 26.6. The number of aryl methyl sites for hydroxylation is 2. The number of rotatable bonds is 38. The van der Waals surface area contributed by atoms with Crippen LogP contribution in [0.1, 0.15) is 140 Å². The van der Waals surface area contributed by atoms with Crippen molar-refractivity contribution in [3.63, 3.8) is 0 Å². The first-order chi connectivity index (χ1) is 50.7. The molecule has 31 nitrogen and oxygen atoms in total. The summed E-state index contributed by atoms with van der Waals surface area (Å²) in [5, 5.41) is 50.6. The molecule has 9 aromatic heterocycles. The number of ether oxygens (including phenoxy) is 6. The van der Waals surface area contributed by atoms with Gasteiger partial charge in [0.05, 0.1) is 73.8 Å². The van der Waals surface area contributed by atoms with Crippen LogP contribution >= 0.6 is 54.0 Å². The average molecular weight is 1570 g/mol. The second-order valence-corrected chi connectivity index (χ2v) is 24.6. The number of aromatic nitrogens is 13. The molecule has 0 amide bonds. The Bertz CT molecular complexity index is 4120. The molecule has 35 heteroatoms. The summed E-state index contributed by atoms with van der Waals surface area (Å²) in [5.41, 5.74) is 29.1. The molecule has 108 heavy (non-hydrogen) atoms. The van der Waals surface area contributed by atoms with Crippen LogP contribution in [0.15, 0.2) is 122 Å². The summed E-state index contributed by atoms with van der Waals surface area (Å²) in [6, 6.07) is 23.4. The maximum absolute atomic E-state index is 9.52. The van der Waals surface area contributed by atoms with Crippen LogP contribution in [-0.4, -0.2) is 148 Å². The quantitative estimate of drug-likeness (QED) is 0.0160. The SMILES string of the molecule is CCCC[C@@H](CCO)Nc1nc(N)ncc1OCc1cn2ccccc2n1.CCCC[C@@H](CO)Nc1nc(N)ncc1OCc1cccc(C)n1.CCC[C@@H](CCO)Nc1nc(N)ncc1OCc1cn2ccccc2n1.CCC[C@@H](CO)Nc1nc(N)ncc1OCCCc1ccc2c(c1)OCO2.S.S.S.S. The van der Waals surface area contributed by atoms with Gasteiger partial charge in [0, 0.05) is 55.8 Å². The van der Waals surface area contributed by atoms with Crippen molar-refractivity contribution in [1.29, 1.82) is 0 Å². The summed E-state index contributed by atoms with van der Waals surface area (Å²) < 4.78 is 38.0. The number of aliphatic hydroxyl groups excluding tert-OH is 4. The highest BCUT2D eigenvalue weighted by Crippen LogP contribution is 2.34. The summed E-state index contributed by atoms with van der Waals surface area (Å²) in [6.45, 7) is 12.3. The smallest absolute Gasteiger partial charge is 0.231 e. The third kappa shape index (κ3) is 29.9. The van der Waals surface area contributed by atoms with E-state index in [4.69, 9.17) is 51.4 Å². The maximum Gasteiger partial charge on any atom is 0.231 e. The van der Waals surface area contributed by atoms with Crippen LogP contribution in [0.5, 0.6) is 34.5 Å². The summed E-state index contributed by atoms with van der Waals surface area (Å²) in [7, 11) is 0. The molecule has 1 aliphatic heterocycles. The molecule has 590 valence electrons. The minimum Gasteiger partial charge on any atom is -0.488 e. The van der Waals surface area contributed by atoms with Crippen LogP contribution in [0.2, 0.25) is 0 Å². The van der Waals surface area contributed by atoms with Crippen molar-refractivity contribution in [2.75, 3.05) is 84.0 Å². The molecule has 1 aliphatic rings. The first-order valence-corrected chi connectivity index (χ1v) is 35.4. The lowest BCUT2D eigenvalue weighted by molar-refractivity contribution is 0.174. The number of nitrogen functional groups attached to an aromatic ring is 4. The van der Waals surface area contributed by atoms with E-state index in [1.54, 1.807) is 18.6 Å². The maximum atomic E-state index is 9.52. The summed E-state index contributed by atoms with van der Waals surface area (Å²) >= 11 is 0. The van der Waals surface area contributed by atoms with E-state index in [0.717, 1.165) is 128 Å². The van der Waals surface area contributed by atoms with E-state index in [9.17, 15) is 20.4 Å². The van der Waals surface area contributed by atoms with E-state index in [1.165, 1.54) is 6.20 Å². The van der Waals surface area contributed by atoms with E-state index in [1.807, 2.05) is 113 Å². The van der Waals surface area contributed by atoms with Crippen molar-refractivity contribution in [3.05, 3.63) is 151 Å². The first-order valence-electron chi connectivity index (χ1n) is 35.4. The third-order valence-corrected chi connectivity index (χ3v) is 16.1. The van der Waals surface area contributed by atoms with Gasteiger partial charge in [-0.25, -0.2) is 29.9 Å². The minimum atomic E-state index is -0.0984. The number of nitrogens with two attached hydrogens (primary N) is 4. The third-order valence-electron chi connectivity index (χ3n) is 16.1. The van der Waals surface area contributed by atoms with Gasteiger partial charge in [0.2, 0.25) is 30.6 Å². The average Bonchev–Trinajstić information content (AvgIpc) is 1.80. The second-order valence-electron chi connectivity index (χ2n) is 24.6. The fraction of sp³-hybridized carbons (Fsp3) is 0.438. The predicted octanol–water partition coefficient (Wildman–Crippen LogP) is 10.0. The Labute approximate surface area is 658 Å². The molecular weight excluding hydrogens is 1460 g/mol. The van der Waals surface area contributed by atoms with Crippen molar-refractivity contribution in [1.82, 2.24) is 63.6 Å². The van der Waals surface area contributed by atoms with Gasteiger partial charge in [0.1, 0.15) is 31.1 Å². The van der Waals surface area contributed by atoms with Gasteiger partial charge in [-0.05, 0) is 112 Å². The molecular formula is C73H109N21O10S4. The number of fused-ring (bicyclic) bond motifs is 3. The number of hydrogen-bond acceptors (Lipinski definition) is 29. The van der Waals surface area contributed by atoms with E-state index in [2.05, 4.69) is 104 Å². The number of nitrogens with zero attached hydrogens (tertiary/aromatic N) is 13. The molecule has 10 heterocycles. The van der Waals surface area contributed by atoms with Crippen molar-refractivity contribution in [2.24, 2.45) is 0 Å². The topological polar surface area (TPSA) is 439 Å². The fourth-order valence-corrected chi connectivity index (χ4v) is 10.9. The Morgan fingerprint density at radius 2 is 0.870 bits per heavy atom. The van der Waals surface area contributed by atoms with Gasteiger partial charge in [-0.2, -0.15) is 73.9 Å². The second kappa shape index (κ2) is 49.5. The lowest BCUT2D eigenvalue weighted by Crippen LogP contribution is -2.25. The largest absolute Gasteiger partial charge is 0.488 e. The van der Waals surface area contributed by atoms with Crippen LogP contribution in [0.25, 0.3) is 11.3 Å². The van der Waals surface area contributed by atoms with Crippen molar-refractivity contribution < 1.29 is 48.8 Å². The number of unbranched alkanes of at least 4 members (excludes halogenated alkanes) is 2. The van der Waals surface area contributed by atoms with Gasteiger partial charge in [-0.1, -0.05) is 90.5 Å². The zero-order valence-electron chi connectivity index (χ0n) is 62.0. The van der Waals surface area contributed by atoms with Crippen LogP contribution < -0.4 is 72.6 Å². The highest BCUT2D eigenvalue weighted by molar-refractivity contribution is 7.59. The number of benzene rings is 1. The molecule has 16 N–H and O–H groups in total. The van der Waals surface area contributed by atoms with Crippen LogP contribution in [-0.2, 0) is 26.2 Å². The molecule has 0 saturated heterocycles. The lowest BCUT2D eigenvalue weighted by Gasteiger charge is -2.20. The molecule has 10 aromatic rings. The highest BCUT2D eigenvalue weighted by atomic mass is 32.1. The number of nitrogens with one attached hydrogen (secondary N) is 4. The Balaban J connectivity index is 0.000000301. The van der Waals surface area contributed by atoms with Crippen molar-refractivity contribution in [2.45, 2.75) is 168 Å². The van der Waals surface area contributed by atoms with E-state index in [0.29, 0.717) is 85.5 Å². The molecule has 0 bridgehead atoms. The number of aliphatic hydroxyl groups is 4. The van der Waals surface area contributed by atoms with E-state index >= 15 is 0 Å². The Morgan fingerprint density at radius 1 is 0.444 bits per heavy atom. The van der Waals surface area contributed by atoms with E-state index < -0.39 is 0 Å². The van der Waals surface area contributed by atoms with Gasteiger partial charge in [0.25, 0.3) is 0 Å². The van der Waals surface area contributed by atoms with Gasteiger partial charge in [-0.3, -0.25) is 4.98 Å². The summed E-state index contributed by atoms with van der Waals surface area (Å²) in [4.78, 5) is 46.4. The normalized spacial score (nSPS) is 12.0. The molecule has 0 saturated carbocycles. The molecule has 1 aromatic carbocycles. The van der Waals surface area contributed by atoms with Gasteiger partial charge in [-0.15, -0.1) is 0 Å². The standard InChI is InChI=1S/C19H26N6O2.C19H26N4O4.C18H24N6O2.C17H25N5O2.4H2S/c1-2-3-6-14(8-10-26)23-18-16(11-21-19(20)24-18)27-13-15-12-25-9-5-4-7-17(25)22-15;1-2-4-14(11-24)22-18-17(10-21-19(20)23-18)25-8-3-5-13-6-7-15-16(9-13)27-12-26-15;1-2-5-13(7-9-25)22-17-15(10-20-18(19)23-17)26-12-14-11-24-8-4-3-6-16(24)21-14;1-3-4-7-13(10-23)21-16-15(9-19-17(18)22-16)24-11-14-8-5-6-12(2)20-14;;;;/h4-5,7,9,11-12,14,26H,2-3,6,8,10,13H2,1H3,(H3,20,21,23,24);6-7,9-10,14,24H,2-5,8,11-12H2,1H3,(H3,20,21,22,23);3-4,6,8,10-11,13,25H,2,5,7,9,12H2,1H3,(H3,19,20,22,23);5-6,8-9,13,23H,3-4,7,10-11H2,1-2H3,(H3,18,19,21,22);4*1H2/t2*14-;2*13-;;;;/m0000..../s1. The van der Waals surface area contributed by atoms with Gasteiger partial charge >= 0.3 is 0 Å². The number of pyridine rings is 3. The molecule has 4 atom stereocenters. The fourth-order valence-electron chi connectivity index (χ4n) is 10.9. The zero-order chi connectivity index (χ0) is 73.8. The summed E-state index contributed by atoms with van der Waals surface area (Å²) in [5.74, 6) is 6.38. The van der Waals surface area contributed by atoms with Crippen LogP contribution in [0.3, 0.4) is 0 Å². The van der Waals surface area contributed by atoms with Gasteiger partial charge in [0.15, 0.2) is 57.8 Å². The van der Waals surface area contributed by atoms with Crippen molar-refractivity contribution >= 4 is 112 Å². The molecule has 0 fully saturated rings. The molecule has 11 rings (SSSR count). The monoisotopic (exact) mass is 1570 g/mol. The lowest BCUT2D eigenvalue weighted by atomic mass is 10.1. The number of anilines is 8. The van der Waals surface area contributed by atoms with Gasteiger partial charge < -0.3 is 102 Å². The van der Waals surface area contributed by atoms with Crippen molar-refractivity contribution in [3.8, 4) is 34.5 Å². The zero-order valence-corrected chi connectivity index (χ0v) is 66.0. The van der Waals surface area contributed by atoms with E-state index in [-0.39, 0.29) is 135 Å². The Hall–Kier alpha value is -9.49. The molecule has 0 radical (unpaired) electrons. The predicted molar refractivity (Wildman–Crippen MR) is 442 cm³/mol. The number of hydrogen-bond donors (Lipinski definition) is 12. The molecule has 0 unspecified atom stereocenters. The Morgan fingerprint density at radius 3 is 1.31 bits per heavy atom. The minimum absolute atomic E-state index is 0. The molecule has 0 spiro atoms.